The van der Waals surface area contributed by atoms with Crippen LogP contribution in [0.15, 0.2) is 85.1 Å². The summed E-state index contributed by atoms with van der Waals surface area (Å²) >= 11 is 0. The molecule has 0 aromatic carbocycles. The lowest BCUT2D eigenvalue weighted by molar-refractivity contribution is -0.167. The van der Waals surface area contributed by atoms with E-state index in [1.807, 2.05) is 0 Å². The number of esters is 3. The van der Waals surface area contributed by atoms with Crippen LogP contribution >= 0.6 is 0 Å². The van der Waals surface area contributed by atoms with Gasteiger partial charge in [0.05, 0.1) is 0 Å². The molecular formula is C66H114O6. The molecule has 0 heterocycles. The van der Waals surface area contributed by atoms with Crippen LogP contribution in [0.5, 0.6) is 0 Å². The van der Waals surface area contributed by atoms with Crippen LogP contribution in [-0.4, -0.2) is 37.2 Å². The van der Waals surface area contributed by atoms with Crippen molar-refractivity contribution >= 4 is 17.9 Å². The van der Waals surface area contributed by atoms with Crippen molar-refractivity contribution in [2.24, 2.45) is 0 Å². The Balaban J connectivity index is 4.30. The third kappa shape index (κ3) is 57.5. The summed E-state index contributed by atoms with van der Waals surface area (Å²) in [5.41, 5.74) is 0. The maximum absolute atomic E-state index is 12.9. The summed E-state index contributed by atoms with van der Waals surface area (Å²) in [5.74, 6) is -0.889. The summed E-state index contributed by atoms with van der Waals surface area (Å²) in [6, 6.07) is 0. The lowest BCUT2D eigenvalue weighted by Crippen LogP contribution is -2.30. The fourth-order valence-electron chi connectivity index (χ4n) is 8.63. The van der Waals surface area contributed by atoms with Crippen molar-refractivity contribution in [3.05, 3.63) is 85.1 Å². The molecule has 0 radical (unpaired) electrons. The zero-order chi connectivity index (χ0) is 52.2. The van der Waals surface area contributed by atoms with E-state index in [9.17, 15) is 14.4 Å². The van der Waals surface area contributed by atoms with Crippen LogP contribution in [-0.2, 0) is 28.6 Å². The first-order chi connectivity index (χ1) is 35.5. The molecule has 0 saturated carbocycles. The van der Waals surface area contributed by atoms with Crippen LogP contribution in [0.3, 0.4) is 0 Å². The van der Waals surface area contributed by atoms with E-state index in [1.165, 1.54) is 135 Å². The first-order valence-corrected chi connectivity index (χ1v) is 30.6. The molecule has 6 heteroatoms. The minimum Gasteiger partial charge on any atom is -0.462 e. The quantitative estimate of drug-likeness (QED) is 0.0261. The van der Waals surface area contributed by atoms with Gasteiger partial charge < -0.3 is 14.2 Å². The lowest BCUT2D eigenvalue weighted by atomic mass is 10.0. The van der Waals surface area contributed by atoms with Crippen LogP contribution in [0.1, 0.15) is 297 Å². The second-order valence-corrected chi connectivity index (χ2v) is 20.2. The molecule has 0 fully saturated rings. The van der Waals surface area contributed by atoms with Crippen molar-refractivity contribution in [1.29, 1.82) is 0 Å². The van der Waals surface area contributed by atoms with E-state index in [0.29, 0.717) is 19.3 Å². The van der Waals surface area contributed by atoms with Gasteiger partial charge in [0.25, 0.3) is 0 Å². The number of carbonyl (C=O) groups is 3. The summed E-state index contributed by atoms with van der Waals surface area (Å²) < 4.78 is 16.9. The molecule has 6 nitrogen and oxygen atoms in total. The monoisotopic (exact) mass is 1000 g/mol. The van der Waals surface area contributed by atoms with E-state index in [-0.39, 0.29) is 31.1 Å². The molecule has 0 aliphatic heterocycles. The van der Waals surface area contributed by atoms with Gasteiger partial charge in [-0.1, -0.05) is 273 Å². The highest BCUT2D eigenvalue weighted by molar-refractivity contribution is 5.71. The number of rotatable bonds is 55. The molecule has 0 aliphatic rings. The smallest absolute Gasteiger partial charge is 0.306 e. The SMILES string of the molecule is CC/C=C\C/C=C\C/C=C\C/C=C\CCCCCCCCCCCCCCC(=O)OCC(COC(=O)CCCCCCCCCCCCCCCC)OC(=O)CCCCCCC/C=C\C/C=C\C/C=C\CC. The Morgan fingerprint density at radius 2 is 0.542 bits per heavy atom. The predicted octanol–water partition coefficient (Wildman–Crippen LogP) is 20.7. The number of carbonyl (C=O) groups excluding carboxylic acids is 3. The largest absolute Gasteiger partial charge is 0.462 e. The van der Waals surface area contributed by atoms with Crippen molar-refractivity contribution in [1.82, 2.24) is 0 Å². The molecule has 414 valence electrons. The molecule has 72 heavy (non-hydrogen) atoms. The Kier molecular flexibility index (Phi) is 57.3. The highest BCUT2D eigenvalue weighted by Gasteiger charge is 2.19. The van der Waals surface area contributed by atoms with Crippen LogP contribution in [0, 0.1) is 0 Å². The average molecular weight is 1000 g/mol. The summed E-state index contributed by atoms with van der Waals surface area (Å²) in [6.07, 6.45) is 78.7. The Morgan fingerprint density at radius 1 is 0.292 bits per heavy atom. The molecule has 0 N–H and O–H groups in total. The first kappa shape index (κ1) is 68.6. The summed E-state index contributed by atoms with van der Waals surface area (Å²) in [6.45, 7) is 6.43. The standard InChI is InChI=1S/C66H114O6/c1-4-7-10-13-16-19-22-25-28-29-30-31-32-33-34-35-36-37-39-41-44-47-50-53-56-59-65(68)71-62-63(61-70-64(67)58-55-52-49-46-43-40-27-24-21-18-15-12-9-6-3)72-66(69)60-57-54-51-48-45-42-38-26-23-20-17-14-11-8-5-2/h7-8,10-11,16-17,19-20,25-26,28,30-31,38,63H,4-6,9,12-15,18,21-24,27,29,32-37,39-62H2,1-3H3/b10-7-,11-8-,19-16-,20-17-,28-25-,31-30-,38-26-. The van der Waals surface area contributed by atoms with Crippen molar-refractivity contribution in [2.45, 2.75) is 303 Å². The van der Waals surface area contributed by atoms with Crippen LogP contribution in [0.4, 0.5) is 0 Å². The molecule has 0 saturated heterocycles. The van der Waals surface area contributed by atoms with Crippen LogP contribution in [0.2, 0.25) is 0 Å². The van der Waals surface area contributed by atoms with Crippen LogP contribution in [0.25, 0.3) is 0 Å². The molecule has 0 aromatic heterocycles. The van der Waals surface area contributed by atoms with Gasteiger partial charge in [0, 0.05) is 19.3 Å². The molecule has 1 atom stereocenters. The minimum atomic E-state index is -0.785. The van der Waals surface area contributed by atoms with Gasteiger partial charge in [-0.05, 0) is 89.9 Å². The molecule has 0 rings (SSSR count). The molecule has 1 unspecified atom stereocenters. The fourth-order valence-corrected chi connectivity index (χ4v) is 8.63. The molecule has 0 spiro atoms. The summed E-state index contributed by atoms with van der Waals surface area (Å²) in [7, 11) is 0. The Morgan fingerprint density at radius 3 is 0.847 bits per heavy atom. The zero-order valence-electron chi connectivity index (χ0n) is 47.4. The van der Waals surface area contributed by atoms with Gasteiger partial charge in [-0.2, -0.15) is 0 Å². The van der Waals surface area contributed by atoms with E-state index in [1.54, 1.807) is 0 Å². The van der Waals surface area contributed by atoms with Crippen molar-refractivity contribution in [3.8, 4) is 0 Å². The minimum absolute atomic E-state index is 0.0810. The van der Waals surface area contributed by atoms with E-state index >= 15 is 0 Å². The average Bonchev–Trinajstić information content (AvgIpc) is 3.38. The molecule has 0 bridgehead atoms. The van der Waals surface area contributed by atoms with Gasteiger partial charge in [-0.25, -0.2) is 0 Å². The van der Waals surface area contributed by atoms with Crippen molar-refractivity contribution in [2.75, 3.05) is 13.2 Å². The van der Waals surface area contributed by atoms with E-state index in [2.05, 4.69) is 106 Å². The topological polar surface area (TPSA) is 78.9 Å². The number of hydrogen-bond donors (Lipinski definition) is 0. The van der Waals surface area contributed by atoms with Crippen molar-refractivity contribution < 1.29 is 28.6 Å². The van der Waals surface area contributed by atoms with E-state index < -0.39 is 6.10 Å². The summed E-state index contributed by atoms with van der Waals surface area (Å²) in [5, 5.41) is 0. The number of unbranched alkanes of at least 4 members (excludes halogenated alkanes) is 30. The normalized spacial score (nSPS) is 12.7. The number of hydrogen-bond acceptors (Lipinski definition) is 6. The number of ether oxygens (including phenoxy) is 3. The maximum Gasteiger partial charge on any atom is 0.306 e. The Bertz CT molecular complexity index is 1380. The van der Waals surface area contributed by atoms with E-state index in [0.717, 1.165) is 122 Å². The molecule has 0 aliphatic carbocycles. The highest BCUT2D eigenvalue weighted by atomic mass is 16.6. The lowest BCUT2D eigenvalue weighted by Gasteiger charge is -2.18. The van der Waals surface area contributed by atoms with Gasteiger partial charge in [0.15, 0.2) is 6.10 Å². The van der Waals surface area contributed by atoms with E-state index in [4.69, 9.17) is 14.2 Å². The molecule has 0 aromatic rings. The zero-order valence-corrected chi connectivity index (χ0v) is 47.4. The van der Waals surface area contributed by atoms with Gasteiger partial charge in [0.1, 0.15) is 13.2 Å². The second-order valence-electron chi connectivity index (χ2n) is 20.2. The molecular weight excluding hydrogens is 889 g/mol. The highest BCUT2D eigenvalue weighted by Crippen LogP contribution is 2.16. The van der Waals surface area contributed by atoms with Gasteiger partial charge in [-0.3, -0.25) is 14.4 Å². The Hall–Kier alpha value is -3.41. The van der Waals surface area contributed by atoms with Gasteiger partial charge in [0.2, 0.25) is 0 Å². The Labute approximate surface area is 445 Å². The van der Waals surface area contributed by atoms with Gasteiger partial charge >= 0.3 is 17.9 Å². The van der Waals surface area contributed by atoms with Gasteiger partial charge in [-0.15, -0.1) is 0 Å². The predicted molar refractivity (Wildman–Crippen MR) is 311 cm³/mol. The maximum atomic E-state index is 12.9. The third-order valence-corrected chi connectivity index (χ3v) is 13.1. The third-order valence-electron chi connectivity index (χ3n) is 13.1. The second kappa shape index (κ2) is 60.1. The van der Waals surface area contributed by atoms with Crippen LogP contribution < -0.4 is 0 Å². The van der Waals surface area contributed by atoms with Crippen molar-refractivity contribution in [3.63, 3.8) is 0 Å². The fraction of sp³-hybridized carbons (Fsp3) is 0.742. The summed E-state index contributed by atoms with van der Waals surface area (Å²) in [4.78, 5) is 38.2. The molecule has 0 amide bonds. The number of allylic oxidation sites excluding steroid dienone is 14. The first-order valence-electron chi connectivity index (χ1n) is 30.6.